The van der Waals surface area contributed by atoms with Crippen molar-refractivity contribution in [2.24, 2.45) is 5.92 Å². The van der Waals surface area contributed by atoms with Crippen molar-refractivity contribution >= 4 is 11.3 Å². The summed E-state index contributed by atoms with van der Waals surface area (Å²) < 4.78 is 0. The van der Waals surface area contributed by atoms with Crippen molar-refractivity contribution < 1.29 is 0 Å². The van der Waals surface area contributed by atoms with Gasteiger partial charge in [-0.15, -0.1) is 11.3 Å². The number of nitrogens with zero attached hydrogens (tertiary/aromatic N) is 4. The number of rotatable bonds is 7. The van der Waals surface area contributed by atoms with Gasteiger partial charge in [-0.1, -0.05) is 20.8 Å². The van der Waals surface area contributed by atoms with Gasteiger partial charge < -0.3 is 10.9 Å². The maximum Gasteiger partial charge on any atom is 0.0949 e. The van der Waals surface area contributed by atoms with Crippen LogP contribution in [0, 0.1) is 5.92 Å². The molecule has 3 N–H and O–H groups in total. The molecule has 0 amide bonds. The average Bonchev–Trinajstić information content (AvgIpc) is 3.28. The van der Waals surface area contributed by atoms with Crippen molar-refractivity contribution in [3.05, 3.63) is 39.9 Å². The molecule has 3 heterocycles. The van der Waals surface area contributed by atoms with Crippen LogP contribution in [0.1, 0.15) is 55.2 Å². The molecule has 1 aliphatic heterocycles. The Bertz CT molecular complexity index is 703. The molecule has 3 rings (SSSR count). The van der Waals surface area contributed by atoms with Gasteiger partial charge in [0.25, 0.3) is 0 Å². The minimum Gasteiger partial charge on any atom is -0.310 e. The minimum absolute atomic E-state index is 0.201. The predicted octanol–water partition coefficient (Wildman–Crippen LogP) is 2.29. The second-order valence-electron chi connectivity index (χ2n) is 6.62. The summed E-state index contributed by atoms with van der Waals surface area (Å²) in [6.45, 7) is 8.70. The molecule has 2 unspecified atom stereocenters. The monoisotopic (exact) mass is 347 g/mol. The van der Waals surface area contributed by atoms with E-state index in [1.54, 1.807) is 11.3 Å². The van der Waals surface area contributed by atoms with E-state index < -0.39 is 0 Å². The van der Waals surface area contributed by atoms with Gasteiger partial charge in [-0.25, -0.2) is 4.98 Å². The van der Waals surface area contributed by atoms with E-state index in [1.165, 1.54) is 4.88 Å². The minimum atomic E-state index is 0.201. The van der Waals surface area contributed by atoms with Crippen LogP contribution in [-0.4, -0.2) is 20.0 Å². The Balaban J connectivity index is 1.59. The summed E-state index contributed by atoms with van der Waals surface area (Å²) in [7, 11) is 0. The van der Waals surface area contributed by atoms with Gasteiger partial charge in [-0.2, -0.15) is 20.5 Å². The Morgan fingerprint density at radius 2 is 2.00 bits per heavy atom. The van der Waals surface area contributed by atoms with E-state index in [2.05, 4.69) is 59.3 Å². The van der Waals surface area contributed by atoms with Crippen LogP contribution in [0.2, 0.25) is 0 Å². The Hall–Kier alpha value is -1.93. The average molecular weight is 347 g/mol. The third-order valence-corrected chi connectivity index (χ3v) is 5.43. The molecular formula is C16H25N7S. The normalized spacial score (nSPS) is 16.6. The topological polar surface area (TPSA) is 79.7 Å². The number of nitrogens with one attached hydrogen (secondary N) is 3. The van der Waals surface area contributed by atoms with E-state index in [1.807, 2.05) is 23.4 Å². The molecule has 2 aromatic rings. The zero-order valence-electron chi connectivity index (χ0n) is 14.6. The van der Waals surface area contributed by atoms with Gasteiger partial charge in [0.1, 0.15) is 0 Å². The summed E-state index contributed by atoms with van der Waals surface area (Å²) in [5, 5.41) is 10.2. The molecule has 0 fully saturated rings. The van der Waals surface area contributed by atoms with Gasteiger partial charge in [0.15, 0.2) is 0 Å². The Kier molecular flexibility index (Phi) is 5.15. The van der Waals surface area contributed by atoms with E-state index in [9.17, 15) is 0 Å². The number of hydrazine groups is 2. The van der Waals surface area contributed by atoms with Crippen LogP contribution in [0.5, 0.6) is 0 Å². The van der Waals surface area contributed by atoms with E-state index in [0.29, 0.717) is 11.8 Å². The molecule has 0 bridgehead atoms. The highest BCUT2D eigenvalue weighted by Gasteiger charge is 2.17. The van der Waals surface area contributed by atoms with E-state index in [0.717, 1.165) is 29.2 Å². The van der Waals surface area contributed by atoms with E-state index in [-0.39, 0.29) is 6.04 Å². The first-order valence-corrected chi connectivity index (χ1v) is 9.16. The van der Waals surface area contributed by atoms with Crippen molar-refractivity contribution in [3.8, 4) is 0 Å². The number of aromatic nitrogens is 4. The molecule has 8 heteroatoms. The third-order valence-electron chi connectivity index (χ3n) is 4.11. The Morgan fingerprint density at radius 1 is 1.17 bits per heavy atom. The third kappa shape index (κ3) is 3.93. The first-order chi connectivity index (χ1) is 11.5. The van der Waals surface area contributed by atoms with Gasteiger partial charge in [0.05, 0.1) is 22.9 Å². The van der Waals surface area contributed by atoms with Crippen LogP contribution in [0.4, 0.5) is 0 Å². The number of thiazole rings is 1. The van der Waals surface area contributed by atoms with Crippen LogP contribution in [0.3, 0.4) is 0 Å². The zero-order valence-corrected chi connectivity index (χ0v) is 15.4. The zero-order chi connectivity index (χ0) is 17.1. The lowest BCUT2D eigenvalue weighted by Crippen LogP contribution is -2.33. The van der Waals surface area contributed by atoms with Gasteiger partial charge in [0.2, 0.25) is 0 Å². The van der Waals surface area contributed by atoms with Crippen LogP contribution in [0.15, 0.2) is 24.3 Å². The molecule has 7 nitrogen and oxygen atoms in total. The Morgan fingerprint density at radius 3 is 2.67 bits per heavy atom. The van der Waals surface area contributed by atoms with Crippen molar-refractivity contribution in [1.82, 2.24) is 36.4 Å². The molecule has 0 spiro atoms. The summed E-state index contributed by atoms with van der Waals surface area (Å²) in [4.78, 5) is 7.67. The Labute approximate surface area is 146 Å². The van der Waals surface area contributed by atoms with Crippen LogP contribution in [-0.2, 0) is 12.8 Å². The molecule has 1 aliphatic rings. The number of allylic oxidation sites excluding steroid dienone is 1. The second kappa shape index (κ2) is 7.31. The van der Waals surface area contributed by atoms with Crippen LogP contribution >= 0.6 is 11.3 Å². The number of hydrogen-bond acceptors (Lipinski definition) is 7. The quantitative estimate of drug-likeness (QED) is 0.713. The highest BCUT2D eigenvalue weighted by molar-refractivity contribution is 7.11. The van der Waals surface area contributed by atoms with Gasteiger partial charge >= 0.3 is 0 Å². The summed E-state index contributed by atoms with van der Waals surface area (Å²) in [6.07, 6.45) is 7.51. The molecule has 0 saturated heterocycles. The molecule has 0 radical (unpaired) electrons. The summed E-state index contributed by atoms with van der Waals surface area (Å²) in [5.41, 5.74) is 11.0. The fraction of sp³-hybridized carbons (Fsp3) is 0.562. The smallest absolute Gasteiger partial charge is 0.0949 e. The molecular weight excluding hydrogens is 322 g/mol. The van der Waals surface area contributed by atoms with Gasteiger partial charge in [-0.05, 0) is 12.8 Å². The van der Waals surface area contributed by atoms with Crippen LogP contribution < -0.4 is 16.4 Å². The highest BCUT2D eigenvalue weighted by atomic mass is 32.1. The maximum atomic E-state index is 4.65. The maximum absolute atomic E-state index is 4.65. The van der Waals surface area contributed by atoms with Gasteiger partial charge in [-0.3, -0.25) is 0 Å². The molecule has 130 valence electrons. The van der Waals surface area contributed by atoms with Crippen molar-refractivity contribution in [1.29, 1.82) is 0 Å². The summed E-state index contributed by atoms with van der Waals surface area (Å²) in [5.74, 6) is 0.880. The van der Waals surface area contributed by atoms with Crippen molar-refractivity contribution in [3.63, 3.8) is 0 Å². The first-order valence-electron chi connectivity index (χ1n) is 8.35. The SMILES string of the molecule is CC(Cc1cnn(C(C)Cc2ncc(C(C)C)s2)n1)C1=CNNN1. The largest absolute Gasteiger partial charge is 0.310 e. The standard InChI is InChI=1S/C16H25N7S/c1-10(2)15-9-17-16(24-15)6-12(4)23-19-7-13(21-23)5-11(3)14-8-18-22-20-14/h7-12,18,20,22H,5-6H2,1-4H3. The highest BCUT2D eigenvalue weighted by Crippen LogP contribution is 2.24. The first kappa shape index (κ1) is 16.9. The summed E-state index contributed by atoms with van der Waals surface area (Å²) >= 11 is 1.79. The van der Waals surface area contributed by atoms with E-state index in [4.69, 9.17) is 0 Å². The van der Waals surface area contributed by atoms with Crippen molar-refractivity contribution in [2.45, 2.75) is 52.5 Å². The predicted molar refractivity (Wildman–Crippen MR) is 95.0 cm³/mol. The van der Waals surface area contributed by atoms with E-state index >= 15 is 0 Å². The number of hydrogen-bond donors (Lipinski definition) is 3. The second-order valence-corrected chi connectivity index (χ2v) is 7.77. The molecule has 2 atom stereocenters. The lowest BCUT2D eigenvalue weighted by molar-refractivity contribution is 0.426. The van der Waals surface area contributed by atoms with Crippen molar-refractivity contribution in [2.75, 3.05) is 0 Å². The molecule has 0 aliphatic carbocycles. The summed E-state index contributed by atoms with van der Waals surface area (Å²) in [6, 6.07) is 0.201. The fourth-order valence-corrected chi connectivity index (χ4v) is 3.63. The van der Waals surface area contributed by atoms with Gasteiger partial charge in [0, 0.05) is 41.7 Å². The molecule has 24 heavy (non-hydrogen) atoms. The van der Waals surface area contributed by atoms with Crippen LogP contribution in [0.25, 0.3) is 0 Å². The molecule has 0 saturated carbocycles. The lowest BCUT2D eigenvalue weighted by Gasteiger charge is -2.11. The fourth-order valence-electron chi connectivity index (χ4n) is 2.58. The lowest BCUT2D eigenvalue weighted by atomic mass is 10.0. The molecule has 0 aromatic carbocycles. The molecule has 2 aromatic heterocycles.